The van der Waals surface area contributed by atoms with Gasteiger partial charge in [-0.1, -0.05) is 23.3 Å². The molecular weight excluding hydrogens is 308 g/mol. The Bertz CT molecular complexity index is 690. The zero-order valence-corrected chi connectivity index (χ0v) is 13.4. The van der Waals surface area contributed by atoms with Crippen LogP contribution in [0.25, 0.3) is 5.69 Å². The number of para-hydroxylation sites is 1. The fourth-order valence-corrected chi connectivity index (χ4v) is 3.22. The minimum absolute atomic E-state index is 0.120. The number of tetrazole rings is 1. The van der Waals surface area contributed by atoms with Gasteiger partial charge < -0.3 is 14.5 Å². The van der Waals surface area contributed by atoms with E-state index in [0.717, 1.165) is 18.5 Å². The van der Waals surface area contributed by atoms with Crippen LogP contribution in [0.5, 0.6) is 0 Å². The molecule has 0 saturated carbocycles. The standard InChI is InChI=1S/C16H20N6O2/c23-15(14-7-4-12-24-14)20-8-10-21(11-9-20)16-17-18-19-22(16)13-5-2-1-3-6-13/h1-3,5-6,14H,4,7-12H2/t14-/m1/s1. The van der Waals surface area contributed by atoms with E-state index in [1.54, 1.807) is 4.68 Å². The van der Waals surface area contributed by atoms with Gasteiger partial charge in [0.05, 0.1) is 5.69 Å². The Morgan fingerprint density at radius 1 is 1.12 bits per heavy atom. The Kier molecular flexibility index (Phi) is 4.12. The first-order valence-electron chi connectivity index (χ1n) is 8.32. The van der Waals surface area contributed by atoms with Crippen molar-refractivity contribution in [1.29, 1.82) is 0 Å². The topological polar surface area (TPSA) is 76.4 Å². The number of nitrogens with zero attached hydrogens (tertiary/aromatic N) is 6. The first-order chi connectivity index (χ1) is 11.8. The van der Waals surface area contributed by atoms with Crippen LogP contribution in [-0.4, -0.2) is 69.9 Å². The normalized spacial score (nSPS) is 21.2. The number of benzene rings is 1. The summed E-state index contributed by atoms with van der Waals surface area (Å²) in [6, 6.07) is 9.81. The summed E-state index contributed by atoms with van der Waals surface area (Å²) in [5.41, 5.74) is 0.926. The maximum absolute atomic E-state index is 12.4. The number of ether oxygens (including phenoxy) is 1. The molecule has 24 heavy (non-hydrogen) atoms. The lowest BCUT2D eigenvalue weighted by atomic mass is 10.2. The van der Waals surface area contributed by atoms with Crippen molar-refractivity contribution >= 4 is 11.9 Å². The molecule has 0 bridgehead atoms. The molecule has 1 aromatic carbocycles. The van der Waals surface area contributed by atoms with E-state index in [2.05, 4.69) is 20.4 Å². The highest BCUT2D eigenvalue weighted by molar-refractivity contribution is 5.81. The first kappa shape index (κ1) is 15.1. The summed E-state index contributed by atoms with van der Waals surface area (Å²) in [6.45, 7) is 3.46. The summed E-state index contributed by atoms with van der Waals surface area (Å²) in [7, 11) is 0. The van der Waals surface area contributed by atoms with Crippen LogP contribution in [0.1, 0.15) is 12.8 Å². The highest BCUT2D eigenvalue weighted by Crippen LogP contribution is 2.19. The number of amides is 1. The van der Waals surface area contributed by atoms with Crippen LogP contribution in [0.4, 0.5) is 5.95 Å². The van der Waals surface area contributed by atoms with Crippen LogP contribution >= 0.6 is 0 Å². The number of carbonyl (C=O) groups is 1. The van der Waals surface area contributed by atoms with E-state index in [1.807, 2.05) is 35.2 Å². The molecule has 2 aromatic rings. The van der Waals surface area contributed by atoms with Gasteiger partial charge in [0, 0.05) is 32.8 Å². The molecule has 1 aromatic heterocycles. The third-order valence-electron chi connectivity index (χ3n) is 4.53. The fourth-order valence-electron chi connectivity index (χ4n) is 3.22. The summed E-state index contributed by atoms with van der Waals surface area (Å²) in [5.74, 6) is 0.834. The molecular formula is C16H20N6O2. The van der Waals surface area contributed by atoms with E-state index in [-0.39, 0.29) is 12.0 Å². The summed E-state index contributed by atoms with van der Waals surface area (Å²) in [5, 5.41) is 12.1. The van der Waals surface area contributed by atoms with Gasteiger partial charge in [-0.25, -0.2) is 0 Å². The van der Waals surface area contributed by atoms with Crippen molar-refractivity contribution in [3.8, 4) is 5.69 Å². The van der Waals surface area contributed by atoms with E-state index < -0.39 is 0 Å². The van der Waals surface area contributed by atoms with Gasteiger partial charge in [0.15, 0.2) is 0 Å². The Balaban J connectivity index is 1.43. The van der Waals surface area contributed by atoms with Gasteiger partial charge in [0.2, 0.25) is 5.95 Å². The predicted molar refractivity (Wildman–Crippen MR) is 86.9 cm³/mol. The molecule has 8 nitrogen and oxygen atoms in total. The van der Waals surface area contributed by atoms with Gasteiger partial charge in [0.25, 0.3) is 5.91 Å². The second-order valence-electron chi connectivity index (χ2n) is 6.04. The second kappa shape index (κ2) is 6.56. The molecule has 0 spiro atoms. The number of piperazine rings is 1. The average Bonchev–Trinajstić information content (AvgIpc) is 3.34. The number of hydrogen-bond donors (Lipinski definition) is 0. The molecule has 1 amide bonds. The van der Waals surface area contributed by atoms with Crippen molar-refractivity contribution in [3.05, 3.63) is 30.3 Å². The Labute approximate surface area is 140 Å². The van der Waals surface area contributed by atoms with Crippen molar-refractivity contribution in [2.75, 3.05) is 37.7 Å². The van der Waals surface area contributed by atoms with Gasteiger partial charge in [-0.3, -0.25) is 4.79 Å². The van der Waals surface area contributed by atoms with E-state index in [4.69, 9.17) is 4.74 Å². The quantitative estimate of drug-likeness (QED) is 0.816. The summed E-state index contributed by atoms with van der Waals surface area (Å²) < 4.78 is 7.24. The van der Waals surface area contributed by atoms with E-state index in [0.29, 0.717) is 38.7 Å². The number of rotatable bonds is 3. The van der Waals surface area contributed by atoms with Crippen LogP contribution < -0.4 is 4.90 Å². The highest BCUT2D eigenvalue weighted by atomic mass is 16.5. The lowest BCUT2D eigenvalue weighted by Gasteiger charge is -2.35. The molecule has 0 radical (unpaired) electrons. The number of hydrogen-bond acceptors (Lipinski definition) is 6. The van der Waals surface area contributed by atoms with Crippen molar-refractivity contribution in [2.45, 2.75) is 18.9 Å². The van der Waals surface area contributed by atoms with Gasteiger partial charge in [0.1, 0.15) is 6.10 Å². The third-order valence-corrected chi connectivity index (χ3v) is 4.53. The molecule has 2 fully saturated rings. The fraction of sp³-hybridized carbons (Fsp3) is 0.500. The zero-order valence-electron chi connectivity index (χ0n) is 13.4. The lowest BCUT2D eigenvalue weighted by Crippen LogP contribution is -2.52. The molecule has 126 valence electrons. The van der Waals surface area contributed by atoms with Gasteiger partial charge in [-0.15, -0.1) is 0 Å². The first-order valence-corrected chi connectivity index (χ1v) is 8.32. The molecule has 0 unspecified atom stereocenters. The van der Waals surface area contributed by atoms with Crippen LogP contribution in [0.15, 0.2) is 30.3 Å². The van der Waals surface area contributed by atoms with Crippen molar-refractivity contribution in [3.63, 3.8) is 0 Å². The van der Waals surface area contributed by atoms with Crippen LogP contribution in [0.3, 0.4) is 0 Å². The molecule has 2 aliphatic rings. The highest BCUT2D eigenvalue weighted by Gasteiger charge is 2.31. The van der Waals surface area contributed by atoms with Crippen LogP contribution in [-0.2, 0) is 9.53 Å². The summed E-state index contributed by atoms with van der Waals surface area (Å²) in [6.07, 6.45) is 1.57. The van der Waals surface area contributed by atoms with Crippen molar-refractivity contribution in [1.82, 2.24) is 25.1 Å². The molecule has 0 aliphatic carbocycles. The maximum Gasteiger partial charge on any atom is 0.251 e. The molecule has 0 N–H and O–H groups in total. The monoisotopic (exact) mass is 328 g/mol. The molecule has 2 aliphatic heterocycles. The van der Waals surface area contributed by atoms with Crippen LogP contribution in [0, 0.1) is 0 Å². The molecule has 8 heteroatoms. The minimum Gasteiger partial charge on any atom is -0.368 e. The number of anilines is 1. The third kappa shape index (κ3) is 2.84. The maximum atomic E-state index is 12.4. The van der Waals surface area contributed by atoms with Crippen molar-refractivity contribution < 1.29 is 9.53 Å². The molecule has 2 saturated heterocycles. The SMILES string of the molecule is O=C([C@H]1CCCO1)N1CCN(c2nnnn2-c2ccccc2)CC1. The number of aromatic nitrogens is 4. The number of carbonyl (C=O) groups excluding carboxylic acids is 1. The zero-order chi connectivity index (χ0) is 16.4. The Morgan fingerprint density at radius 2 is 1.92 bits per heavy atom. The molecule has 4 rings (SSSR count). The Morgan fingerprint density at radius 3 is 2.62 bits per heavy atom. The molecule has 3 heterocycles. The van der Waals surface area contributed by atoms with Crippen LogP contribution in [0.2, 0.25) is 0 Å². The average molecular weight is 328 g/mol. The van der Waals surface area contributed by atoms with E-state index in [1.165, 1.54) is 0 Å². The Hall–Kier alpha value is -2.48. The minimum atomic E-state index is -0.244. The second-order valence-corrected chi connectivity index (χ2v) is 6.04. The van der Waals surface area contributed by atoms with Crippen molar-refractivity contribution in [2.24, 2.45) is 0 Å². The van der Waals surface area contributed by atoms with E-state index in [9.17, 15) is 4.79 Å². The summed E-state index contributed by atoms with van der Waals surface area (Å²) >= 11 is 0. The van der Waals surface area contributed by atoms with E-state index >= 15 is 0 Å². The van der Waals surface area contributed by atoms with Gasteiger partial charge >= 0.3 is 0 Å². The predicted octanol–water partition coefficient (Wildman–Crippen LogP) is 0.490. The smallest absolute Gasteiger partial charge is 0.251 e. The largest absolute Gasteiger partial charge is 0.368 e. The van der Waals surface area contributed by atoms with Gasteiger partial charge in [-0.2, -0.15) is 4.68 Å². The van der Waals surface area contributed by atoms with Gasteiger partial charge in [-0.05, 0) is 35.4 Å². The lowest BCUT2D eigenvalue weighted by molar-refractivity contribution is -0.141. The molecule has 1 atom stereocenters. The summed E-state index contributed by atoms with van der Waals surface area (Å²) in [4.78, 5) is 16.4.